The molecule has 1 aromatic carbocycles. The summed E-state index contributed by atoms with van der Waals surface area (Å²) in [6.07, 6.45) is -6.00. The van der Waals surface area contributed by atoms with Crippen molar-refractivity contribution < 1.29 is 92.0 Å². The van der Waals surface area contributed by atoms with Crippen LogP contribution in [0.25, 0.3) is 0 Å². The fraction of sp³-hybridized carbons (Fsp3) is 0.818. The van der Waals surface area contributed by atoms with Gasteiger partial charge in [0.05, 0.1) is 65.9 Å². The van der Waals surface area contributed by atoms with Crippen molar-refractivity contribution >= 4 is 11.8 Å². The maximum atomic E-state index is 13.7. The number of aliphatic hydroxyl groups is 5. The zero-order valence-electron chi connectivity index (χ0n) is 44.7. The fourth-order valence-corrected chi connectivity index (χ4v) is 14.6. The van der Waals surface area contributed by atoms with Gasteiger partial charge < -0.3 is 82.4 Å². The van der Waals surface area contributed by atoms with Crippen LogP contribution >= 0.6 is 0 Å². The lowest BCUT2D eigenvalue weighted by Gasteiger charge is -2.67. The standard InChI is InChI=1S/C55H82O19/c1-28-46(58)37(63-8)24-43(66-28)73-48-31(4)69-45(26-39(48)65-10)74-49-30(3)68-44(25-38(49)64-9)72-47-29(2)67-42(23-36(47)57)70-35-17-18-51(6)34(22-35)16-19-54(61)40(51)27-41(71-50(59)33-14-12-11-13-15-33)52(7)53(60,32(5)56)20-21-55(52,54)62/h11-16,28-31,35-49,57-58,60-62H,17-27H2,1-10H3/t28-,29-,30-,31-,35+,36+,37-,38-,39-,40-,41-,42+,43+,44+,45+,46-,47-,48-,49-,51+,52-,53-,54+,55-/m1/s1. The zero-order chi connectivity index (χ0) is 53.3. The molecule has 0 radical (unpaired) electrons. The molecule has 24 atom stereocenters. The number of carbonyl (C=O) groups excluding carboxylic acids is 2. The molecule has 4 aliphatic carbocycles. The highest BCUT2D eigenvalue weighted by Gasteiger charge is 2.81. The van der Waals surface area contributed by atoms with Crippen LogP contribution in [-0.4, -0.2) is 186 Å². The van der Waals surface area contributed by atoms with E-state index in [9.17, 15) is 35.1 Å². The number of carbonyl (C=O) groups is 2. The molecule has 4 heterocycles. The molecule has 74 heavy (non-hydrogen) atoms. The molecule has 8 aliphatic rings. The van der Waals surface area contributed by atoms with E-state index >= 15 is 0 Å². The highest BCUT2D eigenvalue weighted by molar-refractivity contribution is 5.90. The van der Waals surface area contributed by atoms with E-state index in [-0.39, 0.29) is 44.3 Å². The molecule has 7 fully saturated rings. The molecule has 4 aliphatic heterocycles. The monoisotopic (exact) mass is 1050 g/mol. The molecular formula is C55H82O19. The smallest absolute Gasteiger partial charge is 0.338 e. The van der Waals surface area contributed by atoms with Gasteiger partial charge in [0.1, 0.15) is 47.3 Å². The molecule has 9 rings (SSSR count). The van der Waals surface area contributed by atoms with Gasteiger partial charge in [0.15, 0.2) is 30.9 Å². The average molecular weight is 1050 g/mol. The Morgan fingerprint density at radius 3 is 1.73 bits per heavy atom. The minimum absolute atomic E-state index is 0.0561. The van der Waals surface area contributed by atoms with Gasteiger partial charge in [0.25, 0.3) is 0 Å². The summed E-state index contributed by atoms with van der Waals surface area (Å²) in [5.74, 6) is -1.79. The summed E-state index contributed by atoms with van der Waals surface area (Å²) in [6.45, 7) is 12.3. The molecule has 416 valence electrons. The van der Waals surface area contributed by atoms with Gasteiger partial charge in [-0.15, -0.1) is 0 Å². The number of ether oxygens (including phenoxy) is 12. The number of methoxy groups -OCH3 is 3. The van der Waals surface area contributed by atoms with Crippen molar-refractivity contribution in [1.29, 1.82) is 0 Å². The van der Waals surface area contributed by atoms with E-state index in [4.69, 9.17) is 56.8 Å². The van der Waals surface area contributed by atoms with Gasteiger partial charge in [-0.3, -0.25) is 4.79 Å². The van der Waals surface area contributed by atoms with Crippen LogP contribution in [0.1, 0.15) is 129 Å². The number of rotatable bonds is 14. The van der Waals surface area contributed by atoms with Crippen molar-refractivity contribution in [2.75, 3.05) is 21.3 Å². The van der Waals surface area contributed by atoms with Crippen molar-refractivity contribution in [2.45, 2.75) is 247 Å². The highest BCUT2D eigenvalue weighted by Crippen LogP contribution is 2.71. The molecule has 19 nitrogen and oxygen atoms in total. The minimum atomic E-state index is -2.05. The van der Waals surface area contributed by atoms with Gasteiger partial charge in [-0.1, -0.05) is 36.8 Å². The molecule has 3 saturated carbocycles. The molecule has 4 saturated heterocycles. The number of esters is 1. The number of Topliss-reactive ketones (excluding diaryl/α,β-unsaturated/α-hetero) is 1. The molecule has 0 unspecified atom stereocenters. The Labute approximate surface area is 434 Å². The van der Waals surface area contributed by atoms with Crippen LogP contribution in [0.2, 0.25) is 0 Å². The molecule has 0 spiro atoms. The largest absolute Gasteiger partial charge is 0.458 e. The number of aliphatic hydroxyl groups excluding tert-OH is 2. The van der Waals surface area contributed by atoms with Crippen LogP contribution in [-0.2, 0) is 61.6 Å². The lowest BCUT2D eigenvalue weighted by molar-refractivity contribution is -0.346. The number of hydrogen-bond acceptors (Lipinski definition) is 19. The average Bonchev–Trinajstić information content (AvgIpc) is 3.60. The van der Waals surface area contributed by atoms with Gasteiger partial charge in [-0.05, 0) is 104 Å². The summed E-state index contributed by atoms with van der Waals surface area (Å²) in [4.78, 5) is 27.0. The first kappa shape index (κ1) is 56.2. The number of benzene rings is 1. The van der Waals surface area contributed by atoms with Crippen molar-refractivity contribution in [2.24, 2.45) is 16.7 Å². The SMILES string of the molecule is CO[C@@H]1C[C@H](O[C@@H]2[C@@H](C)O[C@@H](O[C@@H]3[C@@H](C)O[C@@H](O[C@H]4[C@@H](O)C[C@H](O[C@H]5CC[C@@]6(C)C(=CC[C@]7(O)[C@@H]6C[C@@H](OC(=O)c6ccccc6)[C@@]6(C)[C@]7(O)CC[C@@]6(O)C(C)=O)C5)O[C@@H]4C)C[C@H]3OC)C[C@H]2OC)O[C@H](C)[C@H]1O. The number of ketones is 1. The first-order valence-corrected chi connectivity index (χ1v) is 26.9. The van der Waals surface area contributed by atoms with E-state index in [1.54, 1.807) is 65.5 Å². The second-order valence-electron chi connectivity index (χ2n) is 23.0. The van der Waals surface area contributed by atoms with E-state index in [2.05, 4.69) is 6.92 Å². The Balaban J connectivity index is 0.799. The van der Waals surface area contributed by atoms with Crippen LogP contribution < -0.4 is 0 Å². The summed E-state index contributed by atoms with van der Waals surface area (Å²) < 4.78 is 74.7. The lowest BCUT2D eigenvalue weighted by Crippen LogP contribution is -2.78. The van der Waals surface area contributed by atoms with Crippen molar-refractivity contribution in [3.8, 4) is 0 Å². The van der Waals surface area contributed by atoms with Crippen LogP contribution in [0.3, 0.4) is 0 Å². The molecule has 0 amide bonds. The first-order chi connectivity index (χ1) is 35.0. The predicted molar refractivity (Wildman–Crippen MR) is 261 cm³/mol. The van der Waals surface area contributed by atoms with Crippen LogP contribution in [0.4, 0.5) is 0 Å². The normalized spacial score (nSPS) is 49.4. The molecule has 5 N–H and O–H groups in total. The zero-order valence-corrected chi connectivity index (χ0v) is 44.7. The van der Waals surface area contributed by atoms with Crippen LogP contribution in [0, 0.1) is 16.7 Å². The topological polar surface area (TPSA) is 246 Å². The summed E-state index contributed by atoms with van der Waals surface area (Å²) in [5, 5.41) is 60.0. The molecule has 19 heteroatoms. The maximum absolute atomic E-state index is 13.7. The molecule has 0 aromatic heterocycles. The maximum Gasteiger partial charge on any atom is 0.338 e. The van der Waals surface area contributed by atoms with Crippen molar-refractivity contribution in [1.82, 2.24) is 0 Å². The number of fused-ring (bicyclic) bond motifs is 5. The van der Waals surface area contributed by atoms with E-state index in [1.807, 2.05) is 26.8 Å². The van der Waals surface area contributed by atoms with E-state index in [0.29, 0.717) is 44.1 Å². The second-order valence-corrected chi connectivity index (χ2v) is 23.0. The third-order valence-electron chi connectivity index (χ3n) is 19.1. The first-order valence-electron chi connectivity index (χ1n) is 26.9. The second kappa shape index (κ2) is 21.6. The van der Waals surface area contributed by atoms with Gasteiger partial charge in [-0.2, -0.15) is 0 Å². The summed E-state index contributed by atoms with van der Waals surface area (Å²) in [7, 11) is 4.78. The van der Waals surface area contributed by atoms with Crippen LogP contribution in [0.5, 0.6) is 0 Å². The molecule has 0 bridgehead atoms. The molecular weight excluding hydrogens is 965 g/mol. The van der Waals surface area contributed by atoms with Gasteiger partial charge in [0, 0.05) is 52.9 Å². The number of hydrogen-bond donors (Lipinski definition) is 5. The summed E-state index contributed by atoms with van der Waals surface area (Å²) in [5.41, 5.74) is -6.80. The Kier molecular flexibility index (Phi) is 16.4. The predicted octanol–water partition coefficient (Wildman–Crippen LogP) is 4.18. The lowest BCUT2D eigenvalue weighted by atomic mass is 9.42. The van der Waals surface area contributed by atoms with E-state index < -0.39 is 144 Å². The van der Waals surface area contributed by atoms with E-state index in [0.717, 1.165) is 5.57 Å². The van der Waals surface area contributed by atoms with E-state index in [1.165, 1.54) is 6.92 Å². The van der Waals surface area contributed by atoms with Crippen LogP contribution in [0.15, 0.2) is 42.0 Å². The Hall–Kier alpha value is -2.54. The molecule has 1 aromatic rings. The highest BCUT2D eigenvalue weighted by atomic mass is 16.8. The van der Waals surface area contributed by atoms with Crippen molar-refractivity contribution in [3.63, 3.8) is 0 Å². The fourth-order valence-electron chi connectivity index (χ4n) is 14.6. The van der Waals surface area contributed by atoms with Crippen molar-refractivity contribution in [3.05, 3.63) is 47.5 Å². The van der Waals surface area contributed by atoms with Gasteiger partial charge in [0.2, 0.25) is 0 Å². The van der Waals surface area contributed by atoms with Gasteiger partial charge in [-0.25, -0.2) is 4.79 Å². The third kappa shape index (κ3) is 9.67. The Bertz CT molecular complexity index is 2150. The Morgan fingerprint density at radius 1 is 0.649 bits per heavy atom. The third-order valence-corrected chi connectivity index (χ3v) is 19.1. The Morgan fingerprint density at radius 2 is 1.18 bits per heavy atom. The quantitative estimate of drug-likeness (QED) is 0.130. The summed E-state index contributed by atoms with van der Waals surface area (Å²) >= 11 is 0. The minimum Gasteiger partial charge on any atom is -0.458 e. The summed E-state index contributed by atoms with van der Waals surface area (Å²) in [6, 6.07) is 8.48. The van der Waals surface area contributed by atoms with Gasteiger partial charge >= 0.3 is 5.97 Å².